The number of halogens is 1. The third kappa shape index (κ3) is 4.47. The van der Waals surface area contributed by atoms with Crippen molar-refractivity contribution >= 4 is 29.5 Å². The second kappa shape index (κ2) is 7.26. The Hall–Kier alpha value is -2.59. The summed E-state index contributed by atoms with van der Waals surface area (Å²) in [7, 11) is 0. The van der Waals surface area contributed by atoms with Crippen LogP contribution in [0.3, 0.4) is 0 Å². The SMILES string of the molecule is O=C(/C=C/c1ccccc1Cl)NNC(=O)c1ccccc1. The van der Waals surface area contributed by atoms with Gasteiger partial charge < -0.3 is 0 Å². The summed E-state index contributed by atoms with van der Waals surface area (Å²) in [6.45, 7) is 0. The van der Waals surface area contributed by atoms with Crippen molar-refractivity contribution in [3.05, 3.63) is 76.8 Å². The molecule has 0 aromatic heterocycles. The summed E-state index contributed by atoms with van der Waals surface area (Å²) in [5.41, 5.74) is 5.82. The number of hydrazine groups is 1. The maximum Gasteiger partial charge on any atom is 0.269 e. The predicted octanol–water partition coefficient (Wildman–Crippen LogP) is 2.81. The Labute approximate surface area is 127 Å². The van der Waals surface area contributed by atoms with Crippen LogP contribution in [0.4, 0.5) is 0 Å². The van der Waals surface area contributed by atoms with E-state index < -0.39 is 5.91 Å². The number of nitrogens with one attached hydrogen (secondary N) is 2. The minimum Gasteiger partial charge on any atom is -0.268 e. The van der Waals surface area contributed by atoms with Gasteiger partial charge >= 0.3 is 0 Å². The molecule has 0 spiro atoms. The molecule has 2 N–H and O–H groups in total. The van der Waals surface area contributed by atoms with Crippen molar-refractivity contribution in [2.24, 2.45) is 0 Å². The minimum atomic E-state index is -0.445. The normalized spacial score (nSPS) is 10.3. The molecule has 2 aromatic carbocycles. The van der Waals surface area contributed by atoms with Gasteiger partial charge in [0.1, 0.15) is 0 Å². The number of carbonyl (C=O) groups excluding carboxylic acids is 2. The number of rotatable bonds is 3. The Balaban J connectivity index is 1.88. The van der Waals surface area contributed by atoms with E-state index in [1.54, 1.807) is 48.5 Å². The van der Waals surface area contributed by atoms with Gasteiger partial charge in [-0.25, -0.2) is 0 Å². The van der Waals surface area contributed by atoms with E-state index in [-0.39, 0.29) is 5.91 Å². The molecule has 0 aliphatic heterocycles. The molecular formula is C16H13ClN2O2. The van der Waals surface area contributed by atoms with E-state index in [2.05, 4.69) is 10.9 Å². The van der Waals surface area contributed by atoms with Crippen molar-refractivity contribution in [3.8, 4) is 0 Å². The van der Waals surface area contributed by atoms with Crippen LogP contribution in [0.25, 0.3) is 6.08 Å². The standard InChI is InChI=1S/C16H13ClN2O2/c17-14-9-5-4-6-12(14)10-11-15(20)18-19-16(21)13-7-2-1-3-8-13/h1-11H,(H,18,20)(H,19,21)/b11-10+. The van der Waals surface area contributed by atoms with Gasteiger partial charge in [-0.2, -0.15) is 0 Å². The molecule has 0 heterocycles. The highest BCUT2D eigenvalue weighted by atomic mass is 35.5. The summed E-state index contributed by atoms with van der Waals surface area (Å²) < 4.78 is 0. The molecule has 0 radical (unpaired) electrons. The number of hydrogen-bond acceptors (Lipinski definition) is 2. The van der Waals surface area contributed by atoms with Crippen LogP contribution in [-0.2, 0) is 4.79 Å². The zero-order valence-electron chi connectivity index (χ0n) is 11.0. The van der Waals surface area contributed by atoms with Gasteiger partial charge in [-0.05, 0) is 29.8 Å². The van der Waals surface area contributed by atoms with Crippen molar-refractivity contribution < 1.29 is 9.59 Å². The van der Waals surface area contributed by atoms with Crippen LogP contribution in [-0.4, -0.2) is 11.8 Å². The van der Waals surface area contributed by atoms with Gasteiger partial charge in [0.05, 0.1) is 0 Å². The summed E-state index contributed by atoms with van der Waals surface area (Å²) in [5, 5.41) is 0.551. The van der Waals surface area contributed by atoms with Crippen molar-refractivity contribution in [1.82, 2.24) is 10.9 Å². The Morgan fingerprint density at radius 1 is 0.905 bits per heavy atom. The van der Waals surface area contributed by atoms with Gasteiger partial charge in [0.2, 0.25) is 0 Å². The fraction of sp³-hybridized carbons (Fsp3) is 0. The summed E-state index contributed by atoms with van der Waals surface area (Å²) in [4.78, 5) is 23.3. The largest absolute Gasteiger partial charge is 0.269 e. The maximum atomic E-state index is 11.7. The lowest BCUT2D eigenvalue weighted by Crippen LogP contribution is -2.40. The van der Waals surface area contributed by atoms with Crippen molar-refractivity contribution in [2.45, 2.75) is 0 Å². The first-order chi connectivity index (χ1) is 10.2. The van der Waals surface area contributed by atoms with Crippen LogP contribution in [0.5, 0.6) is 0 Å². The van der Waals surface area contributed by atoms with Gasteiger partial charge in [0, 0.05) is 16.7 Å². The molecule has 2 amide bonds. The van der Waals surface area contributed by atoms with Crippen LogP contribution < -0.4 is 10.9 Å². The Bertz CT molecular complexity index is 669. The van der Waals surface area contributed by atoms with Crippen molar-refractivity contribution in [2.75, 3.05) is 0 Å². The molecule has 0 saturated heterocycles. The van der Waals surface area contributed by atoms with Crippen LogP contribution in [0.15, 0.2) is 60.7 Å². The average Bonchev–Trinajstić information content (AvgIpc) is 2.52. The quantitative estimate of drug-likeness (QED) is 0.676. The topological polar surface area (TPSA) is 58.2 Å². The van der Waals surface area contributed by atoms with Crippen LogP contribution in [0.2, 0.25) is 5.02 Å². The molecule has 0 fully saturated rings. The third-order valence-electron chi connectivity index (χ3n) is 2.65. The first-order valence-electron chi connectivity index (χ1n) is 6.25. The zero-order valence-corrected chi connectivity index (χ0v) is 11.8. The summed E-state index contributed by atoms with van der Waals surface area (Å²) >= 11 is 5.96. The number of carbonyl (C=O) groups is 2. The van der Waals surface area contributed by atoms with Gasteiger partial charge in [-0.15, -0.1) is 0 Å². The molecule has 0 saturated carbocycles. The highest BCUT2D eigenvalue weighted by molar-refractivity contribution is 6.32. The van der Waals surface area contributed by atoms with Gasteiger partial charge in [-0.1, -0.05) is 48.0 Å². The highest BCUT2D eigenvalue weighted by Crippen LogP contribution is 2.15. The number of amides is 2. The fourth-order valence-electron chi connectivity index (χ4n) is 1.60. The summed E-state index contributed by atoms with van der Waals surface area (Å²) in [5.74, 6) is -0.825. The first kappa shape index (κ1) is 14.8. The van der Waals surface area contributed by atoms with Crippen molar-refractivity contribution in [3.63, 3.8) is 0 Å². The molecular weight excluding hydrogens is 288 g/mol. The lowest BCUT2D eigenvalue weighted by Gasteiger charge is -2.05. The smallest absolute Gasteiger partial charge is 0.268 e. The van der Waals surface area contributed by atoms with Gasteiger partial charge in [0.25, 0.3) is 11.8 Å². The highest BCUT2D eigenvalue weighted by Gasteiger charge is 2.04. The maximum absolute atomic E-state index is 11.7. The van der Waals surface area contributed by atoms with E-state index in [0.717, 1.165) is 5.56 Å². The molecule has 106 valence electrons. The molecule has 5 heteroatoms. The lowest BCUT2D eigenvalue weighted by molar-refractivity contribution is -0.117. The predicted molar refractivity (Wildman–Crippen MR) is 82.5 cm³/mol. The lowest BCUT2D eigenvalue weighted by atomic mass is 10.2. The zero-order chi connectivity index (χ0) is 15.1. The summed E-state index contributed by atoms with van der Waals surface area (Å²) in [6.07, 6.45) is 2.87. The summed E-state index contributed by atoms with van der Waals surface area (Å²) in [6, 6.07) is 15.7. The van der Waals surface area contributed by atoms with Gasteiger partial charge in [-0.3, -0.25) is 20.4 Å². The van der Waals surface area contributed by atoms with Crippen LogP contribution in [0.1, 0.15) is 15.9 Å². The number of hydrogen-bond donors (Lipinski definition) is 2. The molecule has 0 atom stereocenters. The van der Waals surface area contributed by atoms with Crippen molar-refractivity contribution in [1.29, 1.82) is 0 Å². The van der Waals surface area contributed by atoms with E-state index in [1.807, 2.05) is 12.1 Å². The molecule has 2 rings (SSSR count). The van der Waals surface area contributed by atoms with E-state index in [1.165, 1.54) is 6.08 Å². The van der Waals surface area contributed by atoms with Crippen LogP contribution >= 0.6 is 11.6 Å². The van der Waals surface area contributed by atoms with Gasteiger partial charge in [0.15, 0.2) is 0 Å². The third-order valence-corrected chi connectivity index (χ3v) is 3.00. The minimum absolute atomic E-state index is 0.380. The Morgan fingerprint density at radius 3 is 2.29 bits per heavy atom. The van der Waals surface area contributed by atoms with E-state index in [0.29, 0.717) is 10.6 Å². The first-order valence-corrected chi connectivity index (χ1v) is 6.62. The van der Waals surface area contributed by atoms with E-state index in [4.69, 9.17) is 11.6 Å². The Kier molecular flexibility index (Phi) is 5.12. The molecule has 0 aliphatic carbocycles. The van der Waals surface area contributed by atoms with E-state index in [9.17, 15) is 9.59 Å². The van der Waals surface area contributed by atoms with E-state index >= 15 is 0 Å². The average molecular weight is 301 g/mol. The monoisotopic (exact) mass is 300 g/mol. The van der Waals surface area contributed by atoms with Crippen LogP contribution in [0, 0.1) is 0 Å². The molecule has 21 heavy (non-hydrogen) atoms. The molecule has 0 bridgehead atoms. The molecule has 0 unspecified atom stereocenters. The molecule has 2 aromatic rings. The molecule has 4 nitrogen and oxygen atoms in total. The Morgan fingerprint density at radius 2 is 1.57 bits per heavy atom. The second-order valence-corrected chi connectivity index (χ2v) is 4.57. The number of benzene rings is 2. The molecule has 0 aliphatic rings. The second-order valence-electron chi connectivity index (χ2n) is 4.16. The fourth-order valence-corrected chi connectivity index (χ4v) is 1.80.